The molecule has 0 amide bonds. The van der Waals surface area contributed by atoms with Crippen LogP contribution in [0.4, 0.5) is 5.69 Å². The largest absolute Gasteiger partial charge is 0.366 e. The molecule has 0 saturated carbocycles. The van der Waals surface area contributed by atoms with Crippen molar-refractivity contribution < 1.29 is 8.42 Å². The summed E-state index contributed by atoms with van der Waals surface area (Å²) in [7, 11) is -2.91. The van der Waals surface area contributed by atoms with Gasteiger partial charge in [0, 0.05) is 37.2 Å². The number of sulfone groups is 1. The number of aromatic nitrogens is 2. The lowest BCUT2D eigenvalue weighted by molar-refractivity contribution is 0.249. The SMILES string of the molecule is Cc1nn(C2CCS(=O)(=O)C2)c(C)c1N1CCN(Cc2ccccc2Br)CC1. The molecule has 1 unspecified atom stereocenters. The van der Waals surface area contributed by atoms with E-state index in [1.807, 2.05) is 17.7 Å². The van der Waals surface area contributed by atoms with Crippen molar-refractivity contribution in [3.8, 4) is 0 Å². The Morgan fingerprint density at radius 2 is 1.86 bits per heavy atom. The Morgan fingerprint density at radius 1 is 1.14 bits per heavy atom. The Balaban J connectivity index is 1.44. The van der Waals surface area contributed by atoms with Crippen LogP contribution in [0.3, 0.4) is 0 Å². The average molecular weight is 467 g/mol. The van der Waals surface area contributed by atoms with Crippen molar-refractivity contribution >= 4 is 31.5 Å². The van der Waals surface area contributed by atoms with E-state index in [-0.39, 0.29) is 17.5 Å². The quantitative estimate of drug-likeness (QED) is 0.692. The molecule has 28 heavy (non-hydrogen) atoms. The van der Waals surface area contributed by atoms with Gasteiger partial charge < -0.3 is 4.90 Å². The molecule has 0 bridgehead atoms. The van der Waals surface area contributed by atoms with Gasteiger partial charge in [0.25, 0.3) is 0 Å². The Morgan fingerprint density at radius 3 is 2.50 bits per heavy atom. The number of piperazine rings is 1. The summed E-state index contributed by atoms with van der Waals surface area (Å²) in [6, 6.07) is 8.37. The third-order valence-corrected chi connectivity index (χ3v) is 8.41. The van der Waals surface area contributed by atoms with Crippen molar-refractivity contribution in [3.05, 3.63) is 45.7 Å². The molecule has 0 spiro atoms. The van der Waals surface area contributed by atoms with Crippen molar-refractivity contribution in [3.63, 3.8) is 0 Å². The summed E-state index contributed by atoms with van der Waals surface area (Å²) in [6.07, 6.45) is 0.670. The summed E-state index contributed by atoms with van der Waals surface area (Å²) in [6.45, 7) is 8.99. The van der Waals surface area contributed by atoms with Gasteiger partial charge in [0.15, 0.2) is 9.84 Å². The van der Waals surface area contributed by atoms with Gasteiger partial charge in [-0.05, 0) is 31.9 Å². The highest BCUT2D eigenvalue weighted by Gasteiger charge is 2.32. The molecule has 8 heteroatoms. The summed E-state index contributed by atoms with van der Waals surface area (Å²) < 4.78 is 26.9. The average Bonchev–Trinajstić information content (AvgIpc) is 3.16. The maximum atomic E-state index is 11.9. The molecule has 1 aromatic heterocycles. The zero-order valence-corrected chi connectivity index (χ0v) is 18.8. The minimum atomic E-state index is -2.91. The van der Waals surface area contributed by atoms with E-state index in [1.165, 1.54) is 11.3 Å². The molecule has 0 aliphatic carbocycles. The van der Waals surface area contributed by atoms with E-state index in [2.05, 4.69) is 50.9 Å². The minimum absolute atomic E-state index is 0.0193. The highest BCUT2D eigenvalue weighted by Crippen LogP contribution is 2.32. The maximum Gasteiger partial charge on any atom is 0.152 e. The monoisotopic (exact) mass is 466 g/mol. The molecule has 0 radical (unpaired) electrons. The van der Waals surface area contributed by atoms with Crippen LogP contribution >= 0.6 is 15.9 Å². The van der Waals surface area contributed by atoms with Crippen molar-refractivity contribution in [2.75, 3.05) is 42.6 Å². The lowest BCUT2D eigenvalue weighted by Gasteiger charge is -2.36. The minimum Gasteiger partial charge on any atom is -0.366 e. The summed E-state index contributed by atoms with van der Waals surface area (Å²) in [4.78, 5) is 4.89. The number of aryl methyl sites for hydroxylation is 1. The van der Waals surface area contributed by atoms with E-state index in [0.29, 0.717) is 6.42 Å². The molecule has 152 valence electrons. The van der Waals surface area contributed by atoms with Crippen LogP contribution in [-0.2, 0) is 16.4 Å². The van der Waals surface area contributed by atoms with E-state index in [9.17, 15) is 8.42 Å². The molecular formula is C20H27BrN4O2S. The second kappa shape index (κ2) is 7.80. The van der Waals surface area contributed by atoms with Crippen molar-refractivity contribution in [1.82, 2.24) is 14.7 Å². The van der Waals surface area contributed by atoms with Crippen LogP contribution in [0.15, 0.2) is 28.7 Å². The smallest absolute Gasteiger partial charge is 0.152 e. The van der Waals surface area contributed by atoms with Gasteiger partial charge in [0.2, 0.25) is 0 Å². The zero-order valence-electron chi connectivity index (χ0n) is 16.4. The maximum absolute atomic E-state index is 11.9. The number of halogens is 1. The van der Waals surface area contributed by atoms with Gasteiger partial charge >= 0.3 is 0 Å². The molecular weight excluding hydrogens is 440 g/mol. The molecule has 0 N–H and O–H groups in total. The summed E-state index contributed by atoms with van der Waals surface area (Å²) in [5, 5.41) is 4.72. The summed E-state index contributed by atoms with van der Waals surface area (Å²) >= 11 is 3.64. The van der Waals surface area contributed by atoms with Crippen LogP contribution in [0.2, 0.25) is 0 Å². The highest BCUT2D eigenvalue weighted by atomic mass is 79.9. The number of hydrogen-bond acceptors (Lipinski definition) is 5. The van der Waals surface area contributed by atoms with E-state index < -0.39 is 9.84 Å². The van der Waals surface area contributed by atoms with Gasteiger partial charge in [-0.25, -0.2) is 8.42 Å². The summed E-state index contributed by atoms with van der Waals surface area (Å²) in [5.41, 5.74) is 4.60. The van der Waals surface area contributed by atoms with Crippen molar-refractivity contribution in [2.24, 2.45) is 0 Å². The molecule has 2 aliphatic heterocycles. The fourth-order valence-corrected chi connectivity index (χ4v) is 6.53. The Labute approximate surface area is 175 Å². The predicted molar refractivity (Wildman–Crippen MR) is 116 cm³/mol. The number of hydrogen-bond donors (Lipinski definition) is 0. The van der Waals surface area contributed by atoms with E-state index in [4.69, 9.17) is 5.10 Å². The zero-order chi connectivity index (χ0) is 19.9. The van der Waals surface area contributed by atoms with Crippen LogP contribution in [0.25, 0.3) is 0 Å². The molecule has 1 aromatic carbocycles. The predicted octanol–water partition coefficient (Wildman–Crippen LogP) is 2.94. The normalized spacial score (nSPS) is 22.7. The van der Waals surface area contributed by atoms with Crippen LogP contribution in [0.5, 0.6) is 0 Å². The topological polar surface area (TPSA) is 58.4 Å². The van der Waals surface area contributed by atoms with E-state index in [0.717, 1.165) is 48.6 Å². The Bertz CT molecular complexity index is 965. The van der Waals surface area contributed by atoms with E-state index in [1.54, 1.807) is 0 Å². The van der Waals surface area contributed by atoms with Crippen LogP contribution in [0.1, 0.15) is 29.4 Å². The van der Waals surface area contributed by atoms with Crippen molar-refractivity contribution in [2.45, 2.75) is 32.9 Å². The first kappa shape index (κ1) is 19.9. The first-order chi connectivity index (χ1) is 13.3. The number of anilines is 1. The van der Waals surface area contributed by atoms with Gasteiger partial charge in [-0.15, -0.1) is 0 Å². The number of benzene rings is 1. The molecule has 4 rings (SSSR count). The third kappa shape index (κ3) is 4.00. The van der Waals surface area contributed by atoms with Crippen LogP contribution in [0, 0.1) is 13.8 Å². The number of nitrogens with zero attached hydrogens (tertiary/aromatic N) is 4. The van der Waals surface area contributed by atoms with E-state index >= 15 is 0 Å². The Hall–Kier alpha value is -1.38. The molecule has 1 atom stereocenters. The molecule has 2 aliphatic rings. The Kier molecular flexibility index (Phi) is 5.55. The summed E-state index contributed by atoms with van der Waals surface area (Å²) in [5.74, 6) is 0.493. The highest BCUT2D eigenvalue weighted by molar-refractivity contribution is 9.10. The standard InChI is InChI=1S/C20H27BrN4O2S/c1-15-20(16(2)25(22-15)18-7-12-28(26,27)14-18)24-10-8-23(9-11-24)13-17-5-3-4-6-19(17)21/h3-6,18H,7-14H2,1-2H3. The van der Waals surface area contributed by atoms with Gasteiger partial charge in [0.1, 0.15) is 0 Å². The van der Waals surface area contributed by atoms with Gasteiger partial charge in [0.05, 0.1) is 34.6 Å². The lowest BCUT2D eigenvalue weighted by atomic mass is 10.2. The fourth-order valence-electron chi connectivity index (χ4n) is 4.43. The molecule has 6 nitrogen and oxygen atoms in total. The van der Waals surface area contributed by atoms with Crippen LogP contribution < -0.4 is 4.90 Å². The van der Waals surface area contributed by atoms with Crippen LogP contribution in [-0.4, -0.2) is 60.8 Å². The van der Waals surface area contributed by atoms with Gasteiger partial charge in [-0.1, -0.05) is 34.1 Å². The lowest BCUT2D eigenvalue weighted by Crippen LogP contribution is -2.46. The fraction of sp³-hybridized carbons (Fsp3) is 0.550. The first-order valence-electron chi connectivity index (χ1n) is 9.81. The molecule has 2 saturated heterocycles. The van der Waals surface area contributed by atoms with Gasteiger partial charge in [-0.3, -0.25) is 9.58 Å². The second-order valence-electron chi connectivity index (χ2n) is 7.88. The van der Waals surface area contributed by atoms with Gasteiger partial charge in [-0.2, -0.15) is 5.10 Å². The first-order valence-corrected chi connectivity index (χ1v) is 12.4. The second-order valence-corrected chi connectivity index (χ2v) is 11.0. The molecule has 2 aromatic rings. The third-order valence-electron chi connectivity index (χ3n) is 5.88. The van der Waals surface area contributed by atoms with Crippen molar-refractivity contribution in [1.29, 1.82) is 0 Å². The molecule has 2 fully saturated rings. The molecule has 3 heterocycles. The number of rotatable bonds is 4.